The van der Waals surface area contributed by atoms with Gasteiger partial charge in [0.2, 0.25) is 12.7 Å². The maximum absolute atomic E-state index is 11.9. The van der Waals surface area contributed by atoms with Crippen molar-refractivity contribution in [1.82, 2.24) is 0 Å². The van der Waals surface area contributed by atoms with E-state index in [1.807, 2.05) is 49.4 Å². The zero-order chi connectivity index (χ0) is 14.7. The van der Waals surface area contributed by atoms with E-state index in [2.05, 4.69) is 5.32 Å². The molecule has 0 radical (unpaired) electrons. The molecule has 0 atom stereocenters. The Morgan fingerprint density at radius 3 is 2.67 bits per heavy atom. The molecule has 4 nitrogen and oxygen atoms in total. The maximum Gasteiger partial charge on any atom is 0.231 e. The number of rotatable bonds is 4. The molecule has 108 valence electrons. The van der Waals surface area contributed by atoms with Crippen molar-refractivity contribution in [2.24, 2.45) is 0 Å². The molecule has 0 saturated heterocycles. The predicted molar refractivity (Wildman–Crippen MR) is 80.7 cm³/mol. The topological polar surface area (TPSA) is 47.6 Å². The molecule has 0 fully saturated rings. The molecule has 0 unspecified atom stereocenters. The molecule has 4 heteroatoms. The fourth-order valence-electron chi connectivity index (χ4n) is 2.21. The second-order valence-electron chi connectivity index (χ2n) is 5.10. The molecule has 1 heterocycles. The zero-order valence-corrected chi connectivity index (χ0v) is 11.9. The number of ether oxygens (including phenoxy) is 2. The molecular formula is C17H17NO3. The van der Waals surface area contributed by atoms with Crippen molar-refractivity contribution in [2.45, 2.75) is 19.8 Å². The number of fused-ring (bicyclic) bond motifs is 1. The van der Waals surface area contributed by atoms with Crippen LogP contribution in [0.3, 0.4) is 0 Å². The van der Waals surface area contributed by atoms with Crippen LogP contribution in [0.15, 0.2) is 42.5 Å². The van der Waals surface area contributed by atoms with Gasteiger partial charge >= 0.3 is 0 Å². The molecule has 1 amide bonds. The van der Waals surface area contributed by atoms with E-state index >= 15 is 0 Å². The summed E-state index contributed by atoms with van der Waals surface area (Å²) in [6.45, 7) is 2.29. The van der Waals surface area contributed by atoms with Gasteiger partial charge < -0.3 is 14.8 Å². The van der Waals surface area contributed by atoms with Gasteiger partial charge in [0, 0.05) is 12.1 Å². The summed E-state index contributed by atoms with van der Waals surface area (Å²) in [6.07, 6.45) is 1.11. The molecule has 21 heavy (non-hydrogen) atoms. The van der Waals surface area contributed by atoms with E-state index in [1.54, 1.807) is 0 Å². The lowest BCUT2D eigenvalue weighted by Crippen LogP contribution is -2.12. The normalized spacial score (nSPS) is 12.2. The average molecular weight is 283 g/mol. The van der Waals surface area contributed by atoms with Gasteiger partial charge in [-0.3, -0.25) is 4.79 Å². The first-order valence-corrected chi connectivity index (χ1v) is 6.96. The molecule has 0 aromatic heterocycles. The summed E-state index contributed by atoms with van der Waals surface area (Å²) in [6, 6.07) is 13.6. The molecule has 1 aliphatic heterocycles. The van der Waals surface area contributed by atoms with Gasteiger partial charge in [-0.05, 0) is 43.2 Å². The average Bonchev–Trinajstić information content (AvgIpc) is 2.95. The fourth-order valence-corrected chi connectivity index (χ4v) is 2.21. The molecule has 2 aromatic carbocycles. The number of benzene rings is 2. The second-order valence-corrected chi connectivity index (χ2v) is 5.10. The summed E-state index contributed by atoms with van der Waals surface area (Å²) in [5, 5.41) is 2.90. The van der Waals surface area contributed by atoms with Gasteiger partial charge in [0.15, 0.2) is 11.5 Å². The Hall–Kier alpha value is -2.49. The van der Waals surface area contributed by atoms with E-state index in [0.717, 1.165) is 22.7 Å². The summed E-state index contributed by atoms with van der Waals surface area (Å²) < 4.78 is 10.6. The first-order chi connectivity index (χ1) is 10.2. The Kier molecular flexibility index (Phi) is 3.77. The quantitative estimate of drug-likeness (QED) is 0.936. The van der Waals surface area contributed by atoms with Gasteiger partial charge in [0.05, 0.1) is 0 Å². The smallest absolute Gasteiger partial charge is 0.231 e. The van der Waals surface area contributed by atoms with E-state index < -0.39 is 0 Å². The molecule has 2 aromatic rings. The number of anilines is 1. The Morgan fingerprint density at radius 2 is 1.86 bits per heavy atom. The van der Waals surface area contributed by atoms with Crippen LogP contribution in [0.5, 0.6) is 11.5 Å². The van der Waals surface area contributed by atoms with Gasteiger partial charge in [0.1, 0.15) is 0 Å². The highest BCUT2D eigenvalue weighted by Crippen LogP contribution is 2.32. The van der Waals surface area contributed by atoms with Gasteiger partial charge in [-0.15, -0.1) is 0 Å². The number of carbonyl (C=O) groups is 1. The van der Waals surface area contributed by atoms with E-state index in [-0.39, 0.29) is 12.7 Å². The van der Waals surface area contributed by atoms with Crippen molar-refractivity contribution < 1.29 is 14.3 Å². The van der Waals surface area contributed by atoms with Crippen molar-refractivity contribution in [2.75, 3.05) is 12.1 Å². The fraction of sp³-hybridized carbons (Fsp3) is 0.235. The summed E-state index contributed by atoms with van der Waals surface area (Å²) >= 11 is 0. The summed E-state index contributed by atoms with van der Waals surface area (Å²) in [4.78, 5) is 11.9. The number of aryl methyl sites for hydroxylation is 2. The van der Waals surface area contributed by atoms with E-state index in [1.165, 1.54) is 5.56 Å². The van der Waals surface area contributed by atoms with Crippen LogP contribution in [0, 0.1) is 6.92 Å². The second kappa shape index (κ2) is 5.87. The van der Waals surface area contributed by atoms with Crippen LogP contribution < -0.4 is 14.8 Å². The van der Waals surface area contributed by atoms with Gasteiger partial charge in [-0.1, -0.05) is 23.8 Å². The van der Waals surface area contributed by atoms with Crippen LogP contribution in [0.25, 0.3) is 0 Å². The monoisotopic (exact) mass is 283 g/mol. The molecule has 3 rings (SSSR count). The number of hydrogen-bond donors (Lipinski definition) is 1. The highest BCUT2D eigenvalue weighted by molar-refractivity contribution is 5.90. The first kappa shape index (κ1) is 13.5. The minimum Gasteiger partial charge on any atom is -0.454 e. The molecule has 0 bridgehead atoms. The molecule has 0 saturated carbocycles. The lowest BCUT2D eigenvalue weighted by atomic mass is 10.1. The summed E-state index contributed by atoms with van der Waals surface area (Å²) in [7, 11) is 0. The van der Waals surface area contributed by atoms with Crippen molar-refractivity contribution in [3.63, 3.8) is 0 Å². The number of carbonyl (C=O) groups excluding carboxylic acids is 1. The Balaban J connectivity index is 1.55. The van der Waals surface area contributed by atoms with Crippen molar-refractivity contribution in [3.8, 4) is 11.5 Å². The van der Waals surface area contributed by atoms with Crippen LogP contribution >= 0.6 is 0 Å². The molecule has 1 N–H and O–H groups in total. The summed E-state index contributed by atoms with van der Waals surface area (Å²) in [5.74, 6) is 1.53. The van der Waals surface area contributed by atoms with E-state index in [0.29, 0.717) is 12.8 Å². The summed E-state index contributed by atoms with van der Waals surface area (Å²) in [5.41, 5.74) is 3.07. The standard InChI is InChI=1S/C17H17NO3/c1-12-2-6-14(7-3-12)18-17(19)9-5-13-4-8-15-16(10-13)21-11-20-15/h2-4,6-8,10H,5,9,11H2,1H3,(H,18,19). The van der Waals surface area contributed by atoms with Crippen LogP contribution in [0.2, 0.25) is 0 Å². The van der Waals surface area contributed by atoms with E-state index in [9.17, 15) is 4.79 Å². The number of hydrogen-bond acceptors (Lipinski definition) is 3. The molecule has 1 aliphatic rings. The first-order valence-electron chi connectivity index (χ1n) is 6.96. The highest BCUT2D eigenvalue weighted by Gasteiger charge is 2.13. The third-order valence-electron chi connectivity index (χ3n) is 3.41. The van der Waals surface area contributed by atoms with Crippen LogP contribution in [0.4, 0.5) is 5.69 Å². The molecular weight excluding hydrogens is 266 g/mol. The van der Waals surface area contributed by atoms with Gasteiger partial charge in [0.25, 0.3) is 0 Å². The molecule has 0 spiro atoms. The van der Waals surface area contributed by atoms with Crippen LogP contribution in [-0.4, -0.2) is 12.7 Å². The van der Waals surface area contributed by atoms with Gasteiger partial charge in [-0.25, -0.2) is 0 Å². The van der Waals surface area contributed by atoms with Gasteiger partial charge in [-0.2, -0.15) is 0 Å². The van der Waals surface area contributed by atoms with Crippen molar-refractivity contribution in [1.29, 1.82) is 0 Å². The van der Waals surface area contributed by atoms with Crippen molar-refractivity contribution in [3.05, 3.63) is 53.6 Å². The minimum absolute atomic E-state index is 0.0107. The van der Waals surface area contributed by atoms with E-state index in [4.69, 9.17) is 9.47 Å². The lowest BCUT2D eigenvalue weighted by molar-refractivity contribution is -0.116. The highest BCUT2D eigenvalue weighted by atomic mass is 16.7. The number of nitrogens with one attached hydrogen (secondary N) is 1. The SMILES string of the molecule is Cc1ccc(NC(=O)CCc2ccc3c(c2)OCO3)cc1. The van der Waals surface area contributed by atoms with Crippen LogP contribution in [0.1, 0.15) is 17.5 Å². The van der Waals surface area contributed by atoms with Crippen LogP contribution in [-0.2, 0) is 11.2 Å². The third kappa shape index (κ3) is 3.34. The Labute approximate surface area is 123 Å². The predicted octanol–water partition coefficient (Wildman–Crippen LogP) is 3.30. The third-order valence-corrected chi connectivity index (χ3v) is 3.41. The lowest BCUT2D eigenvalue weighted by Gasteiger charge is -2.06. The number of amides is 1. The van der Waals surface area contributed by atoms with Crippen molar-refractivity contribution >= 4 is 11.6 Å². The maximum atomic E-state index is 11.9. The minimum atomic E-state index is 0.0107. The molecule has 0 aliphatic carbocycles. The largest absolute Gasteiger partial charge is 0.454 e. The Bertz CT molecular complexity index is 650. The Morgan fingerprint density at radius 1 is 1.10 bits per heavy atom. The zero-order valence-electron chi connectivity index (χ0n) is 11.9.